The molecule has 0 atom stereocenters. The van der Waals surface area contributed by atoms with Gasteiger partial charge in [-0.05, 0) is 13.0 Å². The molecule has 0 radical (unpaired) electrons. The third kappa shape index (κ3) is 4.15. The van der Waals surface area contributed by atoms with Gasteiger partial charge in [-0.1, -0.05) is 32.0 Å². The van der Waals surface area contributed by atoms with Crippen LogP contribution in [0.1, 0.15) is 32.8 Å². The van der Waals surface area contributed by atoms with Gasteiger partial charge in [0.05, 0.1) is 6.61 Å². The lowest BCUT2D eigenvalue weighted by atomic mass is 9.80. The maximum atomic E-state index is 11.3. The summed E-state index contributed by atoms with van der Waals surface area (Å²) in [4.78, 5) is 11.3. The van der Waals surface area contributed by atoms with Gasteiger partial charge in [0, 0.05) is 24.5 Å². The van der Waals surface area contributed by atoms with Gasteiger partial charge in [0.1, 0.15) is 18.1 Å². The van der Waals surface area contributed by atoms with Crippen LogP contribution in [0.4, 0.5) is 0 Å². The van der Waals surface area contributed by atoms with E-state index in [1.807, 2.05) is 24.3 Å². The normalized spacial score (nSPS) is 11.3. The SMILES string of the molecule is COCCOc1ccccc1C(C)(C)CC(C)=O. The fraction of sp³-hybridized carbons (Fsp3) is 0.533. The Morgan fingerprint density at radius 2 is 1.89 bits per heavy atom. The average molecular weight is 250 g/mol. The average Bonchev–Trinajstić information content (AvgIpc) is 2.28. The van der Waals surface area contributed by atoms with Gasteiger partial charge in [0.25, 0.3) is 0 Å². The van der Waals surface area contributed by atoms with Crippen molar-refractivity contribution in [2.24, 2.45) is 0 Å². The van der Waals surface area contributed by atoms with Crippen LogP contribution in [0.3, 0.4) is 0 Å². The Bertz CT molecular complexity index is 396. The van der Waals surface area contributed by atoms with Crippen molar-refractivity contribution in [3.05, 3.63) is 29.8 Å². The maximum Gasteiger partial charge on any atom is 0.130 e. The molecule has 1 rings (SSSR count). The Labute approximate surface area is 109 Å². The van der Waals surface area contributed by atoms with Crippen molar-refractivity contribution in [1.82, 2.24) is 0 Å². The van der Waals surface area contributed by atoms with Crippen molar-refractivity contribution >= 4 is 5.78 Å². The van der Waals surface area contributed by atoms with Gasteiger partial charge >= 0.3 is 0 Å². The summed E-state index contributed by atoms with van der Waals surface area (Å²) in [7, 11) is 1.65. The Kier molecular flexibility index (Phi) is 5.35. The number of methoxy groups -OCH3 is 1. The molecule has 0 unspecified atom stereocenters. The highest BCUT2D eigenvalue weighted by Crippen LogP contribution is 2.34. The molecule has 3 heteroatoms. The van der Waals surface area contributed by atoms with Crippen LogP contribution in [-0.2, 0) is 14.9 Å². The number of carbonyl (C=O) groups is 1. The number of ether oxygens (including phenoxy) is 2. The van der Waals surface area contributed by atoms with E-state index in [9.17, 15) is 4.79 Å². The highest BCUT2D eigenvalue weighted by atomic mass is 16.5. The number of benzene rings is 1. The molecule has 0 N–H and O–H groups in total. The largest absolute Gasteiger partial charge is 0.491 e. The molecule has 0 amide bonds. The second kappa shape index (κ2) is 6.55. The van der Waals surface area contributed by atoms with Gasteiger partial charge in [-0.3, -0.25) is 4.79 Å². The lowest BCUT2D eigenvalue weighted by Crippen LogP contribution is -2.22. The van der Waals surface area contributed by atoms with Crippen LogP contribution in [0.2, 0.25) is 0 Å². The lowest BCUT2D eigenvalue weighted by Gasteiger charge is -2.26. The van der Waals surface area contributed by atoms with Crippen molar-refractivity contribution in [2.75, 3.05) is 20.3 Å². The van der Waals surface area contributed by atoms with E-state index in [2.05, 4.69) is 13.8 Å². The molecular weight excluding hydrogens is 228 g/mol. The summed E-state index contributed by atoms with van der Waals surface area (Å²) in [6, 6.07) is 7.87. The smallest absolute Gasteiger partial charge is 0.130 e. The van der Waals surface area contributed by atoms with E-state index >= 15 is 0 Å². The quantitative estimate of drug-likeness (QED) is 0.698. The van der Waals surface area contributed by atoms with Crippen LogP contribution in [0.5, 0.6) is 5.75 Å². The summed E-state index contributed by atoms with van der Waals surface area (Å²) in [5, 5.41) is 0. The minimum Gasteiger partial charge on any atom is -0.491 e. The van der Waals surface area contributed by atoms with E-state index in [1.54, 1.807) is 14.0 Å². The monoisotopic (exact) mass is 250 g/mol. The standard InChI is InChI=1S/C15H22O3/c1-12(16)11-15(2,3)13-7-5-6-8-14(13)18-10-9-17-4/h5-8H,9-11H2,1-4H3. The van der Waals surface area contributed by atoms with E-state index in [0.717, 1.165) is 11.3 Å². The molecule has 0 bridgehead atoms. The van der Waals surface area contributed by atoms with Gasteiger partial charge in [-0.25, -0.2) is 0 Å². The van der Waals surface area contributed by atoms with Crippen LogP contribution >= 0.6 is 0 Å². The second-order valence-corrected chi connectivity index (χ2v) is 5.10. The lowest BCUT2D eigenvalue weighted by molar-refractivity contribution is -0.118. The number of para-hydroxylation sites is 1. The topological polar surface area (TPSA) is 35.5 Å². The first-order chi connectivity index (χ1) is 8.47. The van der Waals surface area contributed by atoms with Gasteiger partial charge in [-0.2, -0.15) is 0 Å². The molecule has 0 aliphatic heterocycles. The van der Waals surface area contributed by atoms with Crippen molar-refractivity contribution in [2.45, 2.75) is 32.6 Å². The van der Waals surface area contributed by atoms with E-state index < -0.39 is 0 Å². The Morgan fingerprint density at radius 1 is 1.22 bits per heavy atom. The number of carbonyl (C=O) groups excluding carboxylic acids is 1. The molecule has 0 fully saturated rings. The van der Waals surface area contributed by atoms with Gasteiger partial charge < -0.3 is 9.47 Å². The molecule has 1 aromatic rings. The molecule has 0 heterocycles. The predicted molar refractivity (Wildman–Crippen MR) is 72.1 cm³/mol. The van der Waals surface area contributed by atoms with Crippen molar-refractivity contribution in [3.8, 4) is 5.75 Å². The zero-order chi connectivity index (χ0) is 13.6. The number of hydrogen-bond acceptors (Lipinski definition) is 3. The second-order valence-electron chi connectivity index (χ2n) is 5.10. The molecule has 0 aromatic heterocycles. The summed E-state index contributed by atoms with van der Waals surface area (Å²) in [6.07, 6.45) is 0.512. The third-order valence-corrected chi connectivity index (χ3v) is 2.85. The predicted octanol–water partition coefficient (Wildman–Crippen LogP) is 2.97. The zero-order valence-corrected chi connectivity index (χ0v) is 11.7. The van der Waals surface area contributed by atoms with E-state index in [-0.39, 0.29) is 11.2 Å². The molecule has 0 aliphatic rings. The van der Waals surface area contributed by atoms with Crippen molar-refractivity contribution < 1.29 is 14.3 Å². The molecule has 100 valence electrons. The maximum absolute atomic E-state index is 11.3. The van der Waals surface area contributed by atoms with E-state index in [0.29, 0.717) is 19.6 Å². The number of Topliss-reactive ketones (excluding diaryl/α,β-unsaturated/α-hetero) is 1. The highest BCUT2D eigenvalue weighted by molar-refractivity contribution is 5.77. The number of ketones is 1. The van der Waals surface area contributed by atoms with Gasteiger partial charge in [0.15, 0.2) is 0 Å². The first kappa shape index (κ1) is 14.7. The van der Waals surface area contributed by atoms with Crippen LogP contribution in [0.25, 0.3) is 0 Å². The van der Waals surface area contributed by atoms with Crippen LogP contribution in [0.15, 0.2) is 24.3 Å². The fourth-order valence-electron chi connectivity index (χ4n) is 2.10. The summed E-state index contributed by atoms with van der Waals surface area (Å²) >= 11 is 0. The highest BCUT2D eigenvalue weighted by Gasteiger charge is 2.25. The molecule has 0 spiro atoms. The molecule has 0 aliphatic carbocycles. The van der Waals surface area contributed by atoms with Crippen molar-refractivity contribution in [3.63, 3.8) is 0 Å². The fourth-order valence-corrected chi connectivity index (χ4v) is 2.10. The molecule has 0 saturated heterocycles. The summed E-state index contributed by atoms with van der Waals surface area (Å²) in [5.41, 5.74) is 0.853. The first-order valence-electron chi connectivity index (χ1n) is 6.18. The van der Waals surface area contributed by atoms with Crippen LogP contribution in [-0.4, -0.2) is 26.1 Å². The molecule has 3 nitrogen and oxygen atoms in total. The zero-order valence-electron chi connectivity index (χ0n) is 11.7. The first-order valence-corrected chi connectivity index (χ1v) is 6.18. The molecule has 1 aromatic carbocycles. The van der Waals surface area contributed by atoms with Crippen molar-refractivity contribution in [1.29, 1.82) is 0 Å². The minimum absolute atomic E-state index is 0.187. The van der Waals surface area contributed by atoms with E-state index in [1.165, 1.54) is 0 Å². The third-order valence-electron chi connectivity index (χ3n) is 2.85. The number of hydrogen-bond donors (Lipinski definition) is 0. The molecule has 18 heavy (non-hydrogen) atoms. The Morgan fingerprint density at radius 3 is 2.50 bits per heavy atom. The summed E-state index contributed by atoms with van der Waals surface area (Å²) in [5.74, 6) is 1.02. The Hall–Kier alpha value is -1.35. The van der Waals surface area contributed by atoms with Gasteiger partial charge in [0.2, 0.25) is 0 Å². The van der Waals surface area contributed by atoms with Crippen LogP contribution < -0.4 is 4.74 Å². The summed E-state index contributed by atoms with van der Waals surface area (Å²) < 4.78 is 10.7. The Balaban J connectivity index is 2.89. The molecular formula is C15H22O3. The molecule has 0 saturated carbocycles. The minimum atomic E-state index is -0.213. The summed E-state index contributed by atoms with van der Waals surface area (Å²) in [6.45, 7) is 6.82. The van der Waals surface area contributed by atoms with Crippen LogP contribution in [0, 0.1) is 0 Å². The van der Waals surface area contributed by atoms with E-state index in [4.69, 9.17) is 9.47 Å². The van der Waals surface area contributed by atoms with Gasteiger partial charge in [-0.15, -0.1) is 0 Å². The number of rotatable bonds is 7.